The standard InChI is InChI=1S/C14H18N2O4/c1-9-4-3-5-12(16(19)20)13(9)14(18)15(2)8-10-6-11(17)7-10/h3-5,10-11,17H,6-8H2,1-2H3. The van der Waals surface area contributed by atoms with Gasteiger partial charge < -0.3 is 10.0 Å². The predicted molar refractivity (Wildman–Crippen MR) is 73.5 cm³/mol. The van der Waals surface area contributed by atoms with Crippen molar-refractivity contribution in [3.8, 4) is 0 Å². The van der Waals surface area contributed by atoms with Crippen molar-refractivity contribution in [3.05, 3.63) is 39.4 Å². The molecule has 0 aliphatic heterocycles. The van der Waals surface area contributed by atoms with Crippen LogP contribution in [0, 0.1) is 23.0 Å². The summed E-state index contributed by atoms with van der Waals surface area (Å²) < 4.78 is 0. The summed E-state index contributed by atoms with van der Waals surface area (Å²) in [5.41, 5.74) is 0.597. The second-order valence-corrected chi connectivity index (χ2v) is 5.40. The number of amides is 1. The zero-order chi connectivity index (χ0) is 14.9. The maximum Gasteiger partial charge on any atom is 0.282 e. The molecule has 0 atom stereocenters. The number of hydrogen-bond acceptors (Lipinski definition) is 4. The number of nitro groups is 1. The molecular weight excluding hydrogens is 260 g/mol. The summed E-state index contributed by atoms with van der Waals surface area (Å²) in [6, 6.07) is 4.62. The van der Waals surface area contributed by atoms with Gasteiger partial charge in [0, 0.05) is 19.7 Å². The third-order valence-corrected chi connectivity index (χ3v) is 3.75. The molecule has 1 amide bonds. The van der Waals surface area contributed by atoms with E-state index in [1.165, 1.54) is 11.0 Å². The molecule has 1 N–H and O–H groups in total. The molecule has 108 valence electrons. The molecule has 0 heterocycles. The Kier molecular flexibility index (Phi) is 4.04. The molecule has 1 aromatic rings. The highest BCUT2D eigenvalue weighted by Crippen LogP contribution is 2.29. The van der Waals surface area contributed by atoms with Crippen LogP contribution in [0.3, 0.4) is 0 Å². The fraction of sp³-hybridized carbons (Fsp3) is 0.500. The van der Waals surface area contributed by atoms with Crippen LogP contribution in [-0.2, 0) is 0 Å². The Labute approximate surface area is 117 Å². The lowest BCUT2D eigenvalue weighted by Crippen LogP contribution is -2.39. The van der Waals surface area contributed by atoms with Gasteiger partial charge in [-0.1, -0.05) is 12.1 Å². The molecule has 0 radical (unpaired) electrons. The van der Waals surface area contributed by atoms with Crippen molar-refractivity contribution in [2.45, 2.75) is 25.9 Å². The van der Waals surface area contributed by atoms with Crippen LogP contribution in [0.15, 0.2) is 18.2 Å². The number of carbonyl (C=O) groups excluding carboxylic acids is 1. The van der Waals surface area contributed by atoms with Gasteiger partial charge in [0.15, 0.2) is 0 Å². The number of aliphatic hydroxyl groups excluding tert-OH is 1. The monoisotopic (exact) mass is 278 g/mol. The van der Waals surface area contributed by atoms with E-state index >= 15 is 0 Å². The summed E-state index contributed by atoms with van der Waals surface area (Å²) in [5, 5.41) is 20.3. The first-order valence-electron chi connectivity index (χ1n) is 6.57. The Morgan fingerprint density at radius 2 is 2.15 bits per heavy atom. The van der Waals surface area contributed by atoms with Crippen molar-refractivity contribution in [2.75, 3.05) is 13.6 Å². The van der Waals surface area contributed by atoms with Crippen molar-refractivity contribution in [3.63, 3.8) is 0 Å². The van der Waals surface area contributed by atoms with Crippen LogP contribution < -0.4 is 0 Å². The number of nitrogens with zero attached hydrogens (tertiary/aromatic N) is 2. The van der Waals surface area contributed by atoms with E-state index in [0.29, 0.717) is 24.9 Å². The van der Waals surface area contributed by atoms with Crippen LogP contribution in [0.4, 0.5) is 5.69 Å². The van der Waals surface area contributed by atoms with Crippen LogP contribution in [0.1, 0.15) is 28.8 Å². The average Bonchev–Trinajstić information content (AvgIpc) is 2.35. The average molecular weight is 278 g/mol. The van der Waals surface area contributed by atoms with Crippen molar-refractivity contribution in [1.82, 2.24) is 4.90 Å². The molecule has 1 fully saturated rings. The summed E-state index contributed by atoms with van der Waals surface area (Å²) in [7, 11) is 1.64. The third kappa shape index (κ3) is 2.80. The van der Waals surface area contributed by atoms with E-state index in [9.17, 15) is 20.0 Å². The molecule has 1 aliphatic rings. The van der Waals surface area contributed by atoms with Crippen molar-refractivity contribution in [2.24, 2.45) is 5.92 Å². The first kappa shape index (κ1) is 14.5. The molecule has 1 saturated carbocycles. The fourth-order valence-corrected chi connectivity index (χ4v) is 2.59. The van der Waals surface area contributed by atoms with Gasteiger partial charge >= 0.3 is 0 Å². The molecule has 1 aromatic carbocycles. The maximum atomic E-state index is 12.4. The van der Waals surface area contributed by atoms with E-state index in [1.807, 2.05) is 0 Å². The number of hydrogen-bond donors (Lipinski definition) is 1. The highest BCUT2D eigenvalue weighted by Gasteiger charge is 2.31. The summed E-state index contributed by atoms with van der Waals surface area (Å²) in [4.78, 5) is 24.4. The molecule has 20 heavy (non-hydrogen) atoms. The SMILES string of the molecule is Cc1cccc([N+](=O)[O-])c1C(=O)N(C)CC1CC(O)C1. The lowest BCUT2D eigenvalue weighted by Gasteiger charge is -2.34. The topological polar surface area (TPSA) is 83.7 Å². The number of benzene rings is 1. The summed E-state index contributed by atoms with van der Waals surface area (Å²) in [6.07, 6.45) is 1.11. The summed E-state index contributed by atoms with van der Waals surface area (Å²) in [5.74, 6) is -0.0572. The molecule has 0 unspecified atom stereocenters. The molecule has 6 nitrogen and oxygen atoms in total. The van der Waals surface area contributed by atoms with E-state index in [0.717, 1.165) is 0 Å². The van der Waals surface area contributed by atoms with Gasteiger partial charge in [0.25, 0.3) is 11.6 Å². The van der Waals surface area contributed by atoms with E-state index < -0.39 is 4.92 Å². The van der Waals surface area contributed by atoms with E-state index in [4.69, 9.17) is 0 Å². The van der Waals surface area contributed by atoms with Gasteiger partial charge in [-0.05, 0) is 31.2 Å². The van der Waals surface area contributed by atoms with Crippen LogP contribution in [-0.4, -0.2) is 40.5 Å². The van der Waals surface area contributed by atoms with E-state index in [-0.39, 0.29) is 29.2 Å². The first-order valence-corrected chi connectivity index (χ1v) is 6.57. The Bertz CT molecular complexity index is 538. The number of rotatable bonds is 4. The van der Waals surface area contributed by atoms with Gasteiger partial charge in [0.2, 0.25) is 0 Å². The predicted octanol–water partition coefficient (Wildman–Crippen LogP) is 1.75. The minimum atomic E-state index is -0.527. The van der Waals surface area contributed by atoms with E-state index in [1.54, 1.807) is 26.1 Å². The van der Waals surface area contributed by atoms with Gasteiger partial charge in [0.05, 0.1) is 11.0 Å². The maximum absolute atomic E-state index is 12.4. The number of aliphatic hydroxyl groups is 1. The summed E-state index contributed by atoms with van der Waals surface area (Å²) in [6.45, 7) is 2.21. The smallest absolute Gasteiger partial charge is 0.282 e. The Balaban J connectivity index is 2.18. The lowest BCUT2D eigenvalue weighted by molar-refractivity contribution is -0.385. The second kappa shape index (κ2) is 5.58. The Hall–Kier alpha value is -1.95. The van der Waals surface area contributed by atoms with Gasteiger partial charge in [-0.15, -0.1) is 0 Å². The highest BCUT2D eigenvalue weighted by atomic mass is 16.6. The molecule has 0 aromatic heterocycles. The minimum absolute atomic E-state index is 0.153. The fourth-order valence-electron chi connectivity index (χ4n) is 2.59. The molecule has 6 heteroatoms. The number of carbonyl (C=O) groups is 1. The highest BCUT2D eigenvalue weighted by molar-refractivity contribution is 5.99. The molecule has 1 aliphatic carbocycles. The molecule has 2 rings (SSSR count). The molecular formula is C14H18N2O4. The number of aryl methyl sites for hydroxylation is 1. The van der Waals surface area contributed by atoms with Gasteiger partial charge in [0.1, 0.15) is 5.56 Å². The second-order valence-electron chi connectivity index (χ2n) is 5.40. The van der Waals surface area contributed by atoms with Crippen molar-refractivity contribution in [1.29, 1.82) is 0 Å². The van der Waals surface area contributed by atoms with Crippen LogP contribution in [0.5, 0.6) is 0 Å². The molecule has 0 spiro atoms. The molecule has 0 bridgehead atoms. The zero-order valence-corrected chi connectivity index (χ0v) is 11.6. The lowest BCUT2D eigenvalue weighted by atomic mass is 9.82. The number of nitro benzene ring substituents is 1. The van der Waals surface area contributed by atoms with E-state index in [2.05, 4.69) is 0 Å². The Morgan fingerprint density at radius 1 is 1.50 bits per heavy atom. The van der Waals surface area contributed by atoms with Gasteiger partial charge in [-0.3, -0.25) is 14.9 Å². The van der Waals surface area contributed by atoms with Crippen molar-refractivity contribution < 1.29 is 14.8 Å². The van der Waals surface area contributed by atoms with Crippen molar-refractivity contribution >= 4 is 11.6 Å². The quantitative estimate of drug-likeness (QED) is 0.671. The van der Waals surface area contributed by atoms with Gasteiger partial charge in [-0.25, -0.2) is 0 Å². The summed E-state index contributed by atoms with van der Waals surface area (Å²) >= 11 is 0. The van der Waals surface area contributed by atoms with Crippen LogP contribution in [0.2, 0.25) is 0 Å². The zero-order valence-electron chi connectivity index (χ0n) is 11.6. The largest absolute Gasteiger partial charge is 0.393 e. The van der Waals surface area contributed by atoms with Gasteiger partial charge in [-0.2, -0.15) is 0 Å². The Morgan fingerprint density at radius 3 is 2.70 bits per heavy atom. The molecule has 0 saturated heterocycles. The minimum Gasteiger partial charge on any atom is -0.393 e. The third-order valence-electron chi connectivity index (χ3n) is 3.75. The normalized spacial score (nSPS) is 21.1. The first-order chi connectivity index (χ1) is 9.40. The van der Waals surface area contributed by atoms with Crippen LogP contribution >= 0.6 is 0 Å². The van der Waals surface area contributed by atoms with Crippen LogP contribution in [0.25, 0.3) is 0 Å².